The van der Waals surface area contributed by atoms with E-state index >= 15 is 0 Å². The monoisotopic (exact) mass is 367 g/mol. The van der Waals surface area contributed by atoms with Gasteiger partial charge in [0.25, 0.3) is 5.91 Å². The molecule has 0 atom stereocenters. The molecule has 0 radical (unpaired) electrons. The van der Waals surface area contributed by atoms with Gasteiger partial charge in [-0.15, -0.1) is 0 Å². The van der Waals surface area contributed by atoms with Gasteiger partial charge in [-0.25, -0.2) is 0 Å². The smallest absolute Gasteiger partial charge is 0.385 e. The highest BCUT2D eigenvalue weighted by Crippen LogP contribution is 2.31. The van der Waals surface area contributed by atoms with Gasteiger partial charge in [0.05, 0.1) is 5.56 Å². The van der Waals surface area contributed by atoms with E-state index in [-0.39, 0.29) is 22.2 Å². The Kier molecular flexibility index (Phi) is 6.48. The third-order valence-corrected chi connectivity index (χ3v) is 3.39. The molecule has 0 heterocycles. The number of halogens is 3. The molecule has 0 aliphatic carbocycles. The number of hydrogen-bond acceptors (Lipinski definition) is 3. The molecule has 0 aliphatic heterocycles. The molecule has 4 nitrogen and oxygen atoms in total. The molecule has 0 aliphatic rings. The van der Waals surface area contributed by atoms with Gasteiger partial charge in [-0.3, -0.25) is 4.79 Å². The standard InChI is InChI=1S/C19H24F3N3O/c1-17(2,3)12-18(4,5)24-11-13(10-23)16(26)25-15-8-6-7-14(9-15)19(20,21)22/h6-9,11,24H,12H2,1-5H3,(H,25,26)/b13-11-. The molecule has 2 N–H and O–H groups in total. The highest BCUT2D eigenvalue weighted by molar-refractivity contribution is 6.06. The molecule has 0 spiro atoms. The molecule has 142 valence electrons. The second kappa shape index (κ2) is 7.81. The molecule has 0 unspecified atom stereocenters. The highest BCUT2D eigenvalue weighted by Gasteiger charge is 2.30. The number of carbonyl (C=O) groups excluding carboxylic acids is 1. The van der Waals surface area contributed by atoms with Crippen LogP contribution in [0.3, 0.4) is 0 Å². The van der Waals surface area contributed by atoms with Crippen molar-refractivity contribution in [2.75, 3.05) is 5.32 Å². The molecule has 1 aromatic carbocycles. The number of hydrogen-bond donors (Lipinski definition) is 2. The zero-order valence-corrected chi connectivity index (χ0v) is 15.6. The maximum Gasteiger partial charge on any atom is 0.416 e. The largest absolute Gasteiger partial charge is 0.416 e. The molecule has 7 heteroatoms. The van der Waals surface area contributed by atoms with Crippen LogP contribution in [0.2, 0.25) is 0 Å². The third-order valence-electron chi connectivity index (χ3n) is 3.39. The van der Waals surface area contributed by atoms with Crippen LogP contribution in [0.15, 0.2) is 36.0 Å². The van der Waals surface area contributed by atoms with E-state index in [2.05, 4.69) is 31.4 Å². The van der Waals surface area contributed by atoms with Gasteiger partial charge in [0.15, 0.2) is 0 Å². The minimum atomic E-state index is -4.51. The molecule has 0 bridgehead atoms. The molecular weight excluding hydrogens is 343 g/mol. The number of anilines is 1. The Hall–Kier alpha value is -2.49. The minimum Gasteiger partial charge on any atom is -0.385 e. The number of alkyl halides is 3. The van der Waals surface area contributed by atoms with Gasteiger partial charge in [0.1, 0.15) is 11.6 Å². The Balaban J connectivity index is 2.89. The molecule has 0 fully saturated rings. The molecule has 1 aromatic rings. The van der Waals surface area contributed by atoms with Gasteiger partial charge in [-0.05, 0) is 43.9 Å². The Bertz CT molecular complexity index is 723. The van der Waals surface area contributed by atoms with Crippen LogP contribution in [0.4, 0.5) is 18.9 Å². The molecule has 1 amide bonds. The number of nitrogens with zero attached hydrogens (tertiary/aromatic N) is 1. The second-order valence-corrected chi connectivity index (χ2v) is 7.97. The topological polar surface area (TPSA) is 64.9 Å². The van der Waals surface area contributed by atoms with Gasteiger partial charge >= 0.3 is 6.18 Å². The molecule has 26 heavy (non-hydrogen) atoms. The van der Waals surface area contributed by atoms with Crippen LogP contribution in [0.1, 0.15) is 46.6 Å². The van der Waals surface area contributed by atoms with Gasteiger partial charge in [0.2, 0.25) is 0 Å². The van der Waals surface area contributed by atoms with E-state index in [1.807, 2.05) is 13.8 Å². The summed E-state index contributed by atoms with van der Waals surface area (Å²) in [6.07, 6.45) is -2.42. The maximum atomic E-state index is 12.7. The van der Waals surface area contributed by atoms with Gasteiger partial charge in [-0.1, -0.05) is 26.8 Å². The zero-order valence-electron chi connectivity index (χ0n) is 15.6. The van der Waals surface area contributed by atoms with Crippen LogP contribution in [0.25, 0.3) is 0 Å². The van der Waals surface area contributed by atoms with Crippen LogP contribution in [-0.2, 0) is 11.0 Å². The predicted octanol–water partition coefficient (Wildman–Crippen LogP) is 4.86. The summed E-state index contributed by atoms with van der Waals surface area (Å²) in [5.74, 6) is -0.772. The fourth-order valence-electron chi connectivity index (χ4n) is 2.76. The van der Waals surface area contributed by atoms with Crippen molar-refractivity contribution >= 4 is 11.6 Å². The first-order valence-corrected chi connectivity index (χ1v) is 8.10. The SMILES string of the molecule is CC(C)(C)CC(C)(C)N/C=C(/C#N)C(=O)Nc1cccc(C(F)(F)F)c1. The highest BCUT2D eigenvalue weighted by atomic mass is 19.4. The van der Waals surface area contributed by atoms with Crippen LogP contribution in [0, 0.1) is 16.7 Å². The number of amides is 1. The summed E-state index contributed by atoms with van der Waals surface area (Å²) < 4.78 is 38.2. The summed E-state index contributed by atoms with van der Waals surface area (Å²) in [7, 11) is 0. The third kappa shape index (κ3) is 7.18. The van der Waals surface area contributed by atoms with Crippen LogP contribution in [-0.4, -0.2) is 11.4 Å². The van der Waals surface area contributed by atoms with Crippen molar-refractivity contribution in [1.29, 1.82) is 5.26 Å². The minimum absolute atomic E-state index is 0.0278. The first-order chi connectivity index (χ1) is 11.7. The molecule has 0 aromatic heterocycles. The van der Waals surface area contributed by atoms with E-state index < -0.39 is 17.6 Å². The number of carbonyl (C=O) groups is 1. The van der Waals surface area contributed by atoms with Crippen molar-refractivity contribution in [3.8, 4) is 6.07 Å². The average molecular weight is 367 g/mol. The van der Waals surface area contributed by atoms with E-state index in [0.717, 1.165) is 18.6 Å². The van der Waals surface area contributed by atoms with Crippen molar-refractivity contribution in [2.24, 2.45) is 5.41 Å². The van der Waals surface area contributed by atoms with Crippen molar-refractivity contribution in [3.05, 3.63) is 41.6 Å². The lowest BCUT2D eigenvalue weighted by molar-refractivity contribution is -0.137. The van der Waals surface area contributed by atoms with Crippen LogP contribution in [0.5, 0.6) is 0 Å². The summed E-state index contributed by atoms with van der Waals surface area (Å²) in [5.41, 5.74) is -1.44. The van der Waals surface area contributed by atoms with Gasteiger partial charge in [-0.2, -0.15) is 18.4 Å². The first-order valence-electron chi connectivity index (χ1n) is 8.10. The van der Waals surface area contributed by atoms with E-state index in [4.69, 9.17) is 0 Å². The maximum absolute atomic E-state index is 12.7. The Labute approximate surface area is 152 Å². The Morgan fingerprint density at radius 3 is 2.31 bits per heavy atom. The molecule has 0 saturated carbocycles. The quantitative estimate of drug-likeness (QED) is 0.577. The first kappa shape index (κ1) is 21.6. The summed E-state index contributed by atoms with van der Waals surface area (Å²) in [5, 5.41) is 14.6. The van der Waals surface area contributed by atoms with Crippen LogP contribution < -0.4 is 10.6 Å². The summed E-state index contributed by atoms with van der Waals surface area (Å²) in [6.45, 7) is 10.1. The lowest BCUT2D eigenvalue weighted by Crippen LogP contribution is -2.39. The van der Waals surface area contributed by atoms with Crippen molar-refractivity contribution in [2.45, 2.75) is 52.8 Å². The normalized spacial score (nSPS) is 13.1. The fraction of sp³-hybridized carbons (Fsp3) is 0.474. The van der Waals surface area contributed by atoms with Crippen molar-refractivity contribution in [3.63, 3.8) is 0 Å². The van der Waals surface area contributed by atoms with Gasteiger partial charge in [0, 0.05) is 17.4 Å². The Morgan fingerprint density at radius 1 is 1.19 bits per heavy atom. The summed E-state index contributed by atoms with van der Waals surface area (Å²) in [6, 6.07) is 6.03. The van der Waals surface area contributed by atoms with Crippen LogP contribution >= 0.6 is 0 Å². The lowest BCUT2D eigenvalue weighted by Gasteiger charge is -2.33. The van der Waals surface area contributed by atoms with Crippen molar-refractivity contribution in [1.82, 2.24) is 5.32 Å². The number of nitrogens with one attached hydrogen (secondary N) is 2. The number of nitriles is 1. The summed E-state index contributed by atoms with van der Waals surface area (Å²) in [4.78, 5) is 12.2. The summed E-state index contributed by atoms with van der Waals surface area (Å²) >= 11 is 0. The molecule has 0 saturated heterocycles. The fourth-order valence-corrected chi connectivity index (χ4v) is 2.76. The van der Waals surface area contributed by atoms with Gasteiger partial charge < -0.3 is 10.6 Å². The predicted molar refractivity (Wildman–Crippen MR) is 95.1 cm³/mol. The molecule has 1 rings (SSSR count). The number of benzene rings is 1. The van der Waals surface area contributed by atoms with E-state index in [1.165, 1.54) is 18.3 Å². The van der Waals surface area contributed by atoms with E-state index in [9.17, 15) is 23.2 Å². The Morgan fingerprint density at radius 2 is 1.81 bits per heavy atom. The van der Waals surface area contributed by atoms with Crippen molar-refractivity contribution < 1.29 is 18.0 Å². The number of rotatable bonds is 5. The average Bonchev–Trinajstić information content (AvgIpc) is 2.44. The lowest BCUT2D eigenvalue weighted by atomic mass is 9.82. The zero-order chi connectivity index (χ0) is 20.2. The van der Waals surface area contributed by atoms with E-state index in [1.54, 1.807) is 6.07 Å². The second-order valence-electron chi connectivity index (χ2n) is 7.97. The molecular formula is C19H24F3N3O. The van der Waals surface area contributed by atoms with E-state index in [0.29, 0.717) is 0 Å².